The van der Waals surface area contributed by atoms with Crippen LogP contribution in [0.1, 0.15) is 60.3 Å². The average molecular weight is 437 g/mol. The van der Waals surface area contributed by atoms with Crippen molar-refractivity contribution in [3.05, 3.63) is 23.3 Å². The van der Waals surface area contributed by atoms with E-state index >= 15 is 0 Å². The largest absolute Gasteiger partial charge is 0.481 e. The zero-order chi connectivity index (χ0) is 23.4. The van der Waals surface area contributed by atoms with Crippen LogP contribution in [-0.4, -0.2) is 36.0 Å². The third kappa shape index (κ3) is 3.19. The number of allylic oxidation sites excluding steroid dienone is 2. The Balaban J connectivity index is 2.27. The zero-order valence-electron chi connectivity index (χ0n) is 19.2. The molecule has 3 aliphatic carbocycles. The van der Waals surface area contributed by atoms with Gasteiger partial charge < -0.3 is 9.84 Å². The summed E-state index contributed by atoms with van der Waals surface area (Å²) < 4.78 is 18.6. The topological polar surface area (TPSA) is 89.9 Å². The van der Waals surface area contributed by atoms with Crippen LogP contribution in [0.25, 0.3) is 0 Å². The zero-order valence-corrected chi connectivity index (χ0v) is 19.2. The van der Waals surface area contributed by atoms with E-state index in [4.69, 9.17) is 4.74 Å². The minimum absolute atomic E-state index is 0.197. The molecule has 0 saturated heterocycles. The van der Waals surface area contributed by atoms with Gasteiger partial charge in [-0.2, -0.15) is 4.94 Å². The standard InChI is InChI=1S/C24H33FO6/c1-13-7-8-15(31-25)18(13)23(4)11-9-16-22(3,21(28)29)12-10-17(26)24(16,5)19(23)14(2)20(27)30-6/h10,12,14-16,19H,7-9,11H2,1-6H3,(H,28,29). The number of methoxy groups -OCH3 is 1. The van der Waals surface area contributed by atoms with Crippen LogP contribution < -0.4 is 0 Å². The third-order valence-electron chi connectivity index (χ3n) is 8.66. The highest BCUT2D eigenvalue weighted by atomic mass is 19.3. The second kappa shape index (κ2) is 7.84. The molecule has 7 unspecified atom stereocenters. The summed E-state index contributed by atoms with van der Waals surface area (Å²) in [6.07, 6.45) is 4.29. The highest BCUT2D eigenvalue weighted by molar-refractivity contribution is 5.99. The number of carboxylic acid groups (broad SMARTS) is 1. The van der Waals surface area contributed by atoms with Crippen molar-refractivity contribution in [3.8, 4) is 0 Å². The van der Waals surface area contributed by atoms with Crippen LogP contribution in [0, 0.1) is 34.0 Å². The number of aliphatic carboxylic acids is 1. The number of carboxylic acids is 1. The number of hydrogen-bond donors (Lipinski definition) is 1. The average Bonchev–Trinajstić information content (AvgIpc) is 3.11. The van der Waals surface area contributed by atoms with Gasteiger partial charge in [0.1, 0.15) is 6.10 Å². The van der Waals surface area contributed by atoms with E-state index in [0.29, 0.717) is 25.7 Å². The highest BCUT2D eigenvalue weighted by Crippen LogP contribution is 2.66. The number of ketones is 1. The first-order valence-electron chi connectivity index (χ1n) is 10.9. The summed E-state index contributed by atoms with van der Waals surface area (Å²) in [6, 6.07) is 0. The first-order valence-corrected chi connectivity index (χ1v) is 10.9. The van der Waals surface area contributed by atoms with E-state index < -0.39 is 52.0 Å². The molecule has 0 radical (unpaired) electrons. The van der Waals surface area contributed by atoms with Crippen molar-refractivity contribution in [2.24, 2.45) is 34.0 Å². The molecule has 1 saturated carbocycles. The molecule has 1 fully saturated rings. The third-order valence-corrected chi connectivity index (χ3v) is 8.66. The minimum atomic E-state index is -1.24. The Labute approximate surface area is 182 Å². The number of carbonyl (C=O) groups excluding carboxylic acids is 2. The molecular weight excluding hydrogens is 403 g/mol. The summed E-state index contributed by atoms with van der Waals surface area (Å²) in [6.45, 7) is 9.05. The van der Waals surface area contributed by atoms with Gasteiger partial charge in [0.2, 0.25) is 0 Å². The molecule has 0 amide bonds. The Bertz CT molecular complexity index is 862. The van der Waals surface area contributed by atoms with Crippen molar-refractivity contribution in [1.29, 1.82) is 0 Å². The first kappa shape index (κ1) is 23.6. The maximum absolute atomic E-state index is 13.6. The van der Waals surface area contributed by atoms with Crippen molar-refractivity contribution in [1.82, 2.24) is 0 Å². The molecule has 0 bridgehead atoms. The summed E-state index contributed by atoms with van der Waals surface area (Å²) in [5, 5.41) is 10.0. The maximum Gasteiger partial charge on any atom is 0.313 e. The number of fused-ring (bicyclic) bond motifs is 1. The summed E-state index contributed by atoms with van der Waals surface area (Å²) in [4.78, 5) is 42.9. The number of ether oxygens (including phenoxy) is 1. The van der Waals surface area contributed by atoms with Crippen molar-refractivity contribution in [2.45, 2.75) is 66.4 Å². The Morgan fingerprint density at radius 3 is 2.45 bits per heavy atom. The van der Waals surface area contributed by atoms with E-state index in [1.807, 2.05) is 13.8 Å². The lowest BCUT2D eigenvalue weighted by Crippen LogP contribution is -2.62. The van der Waals surface area contributed by atoms with E-state index in [-0.39, 0.29) is 5.78 Å². The highest BCUT2D eigenvalue weighted by Gasteiger charge is 2.67. The van der Waals surface area contributed by atoms with E-state index in [0.717, 1.165) is 11.1 Å². The lowest BCUT2D eigenvalue weighted by atomic mass is 9.41. The number of esters is 1. The van der Waals surface area contributed by atoms with Gasteiger partial charge in [-0.1, -0.05) is 32.4 Å². The molecule has 1 N–H and O–H groups in total. The van der Waals surface area contributed by atoms with Crippen molar-refractivity contribution >= 4 is 17.7 Å². The molecule has 0 aromatic heterocycles. The molecule has 3 aliphatic rings. The quantitative estimate of drug-likeness (QED) is 0.506. The van der Waals surface area contributed by atoms with E-state index in [2.05, 4.69) is 4.94 Å². The molecule has 0 aromatic carbocycles. The van der Waals surface area contributed by atoms with Crippen LogP contribution in [0.3, 0.4) is 0 Å². The van der Waals surface area contributed by atoms with Crippen LogP contribution in [0.2, 0.25) is 0 Å². The second-order valence-corrected chi connectivity index (χ2v) is 10.2. The lowest BCUT2D eigenvalue weighted by Gasteiger charge is -2.61. The molecule has 0 aliphatic heterocycles. The van der Waals surface area contributed by atoms with Gasteiger partial charge in [0.25, 0.3) is 0 Å². The lowest BCUT2D eigenvalue weighted by molar-refractivity contribution is -0.186. The van der Waals surface area contributed by atoms with Crippen molar-refractivity contribution in [2.75, 3.05) is 7.11 Å². The van der Waals surface area contributed by atoms with Gasteiger partial charge in [-0.15, -0.1) is 0 Å². The van der Waals surface area contributed by atoms with Gasteiger partial charge in [0.05, 0.1) is 18.4 Å². The Hall–Kier alpha value is -2.02. The van der Waals surface area contributed by atoms with Gasteiger partial charge in [-0.05, 0) is 73.0 Å². The summed E-state index contributed by atoms with van der Waals surface area (Å²) in [5.74, 6) is -3.45. The predicted octanol–water partition coefficient (Wildman–Crippen LogP) is 4.44. The maximum atomic E-state index is 13.6. The second-order valence-electron chi connectivity index (χ2n) is 10.2. The number of rotatable bonds is 5. The molecule has 7 heteroatoms. The van der Waals surface area contributed by atoms with Crippen LogP contribution in [0.15, 0.2) is 23.3 Å². The van der Waals surface area contributed by atoms with Gasteiger partial charge in [-0.3, -0.25) is 14.4 Å². The number of carbonyl (C=O) groups is 3. The minimum Gasteiger partial charge on any atom is -0.481 e. The van der Waals surface area contributed by atoms with Crippen LogP contribution in [0.4, 0.5) is 4.53 Å². The summed E-state index contributed by atoms with van der Waals surface area (Å²) in [7, 11) is 1.30. The first-order chi connectivity index (χ1) is 14.4. The van der Waals surface area contributed by atoms with E-state index in [1.165, 1.54) is 19.3 Å². The Kier molecular flexibility index (Phi) is 5.98. The molecule has 3 rings (SSSR count). The summed E-state index contributed by atoms with van der Waals surface area (Å²) >= 11 is 0. The number of halogens is 1. The molecule has 0 aromatic rings. The molecule has 172 valence electrons. The van der Waals surface area contributed by atoms with Crippen molar-refractivity contribution in [3.63, 3.8) is 0 Å². The molecule has 0 spiro atoms. The van der Waals surface area contributed by atoms with Gasteiger partial charge in [-0.25, -0.2) is 0 Å². The number of hydrogen-bond acceptors (Lipinski definition) is 5. The van der Waals surface area contributed by atoms with Crippen LogP contribution >= 0.6 is 0 Å². The molecule has 31 heavy (non-hydrogen) atoms. The molecule has 0 heterocycles. The van der Waals surface area contributed by atoms with E-state index in [1.54, 1.807) is 20.8 Å². The molecular formula is C24H33FO6. The monoisotopic (exact) mass is 436 g/mol. The fourth-order valence-corrected chi connectivity index (χ4v) is 7.33. The molecule has 7 atom stereocenters. The van der Waals surface area contributed by atoms with Crippen LogP contribution in [-0.2, 0) is 24.1 Å². The fraction of sp³-hybridized carbons (Fsp3) is 0.708. The van der Waals surface area contributed by atoms with Crippen LogP contribution in [0.5, 0.6) is 0 Å². The fourth-order valence-electron chi connectivity index (χ4n) is 7.33. The normalized spacial score (nSPS) is 41.1. The molecule has 6 nitrogen and oxygen atoms in total. The van der Waals surface area contributed by atoms with Crippen molar-refractivity contribution < 1.29 is 33.7 Å². The van der Waals surface area contributed by atoms with Gasteiger partial charge in [0, 0.05) is 5.41 Å². The Morgan fingerprint density at radius 2 is 1.90 bits per heavy atom. The predicted molar refractivity (Wildman–Crippen MR) is 111 cm³/mol. The smallest absolute Gasteiger partial charge is 0.313 e. The summed E-state index contributed by atoms with van der Waals surface area (Å²) in [5.41, 5.74) is -1.30. The van der Waals surface area contributed by atoms with Gasteiger partial charge >= 0.3 is 11.9 Å². The van der Waals surface area contributed by atoms with E-state index in [9.17, 15) is 24.0 Å². The Morgan fingerprint density at radius 1 is 1.26 bits per heavy atom. The van der Waals surface area contributed by atoms with Gasteiger partial charge in [0.15, 0.2) is 5.78 Å². The SMILES string of the molecule is COC(=O)C(C)C1C(C)(C2=C(C)CCC2OF)CCC2C(C)(C(=O)O)C=CC(=O)C21C.